The summed E-state index contributed by atoms with van der Waals surface area (Å²) >= 11 is 0. The maximum absolute atomic E-state index is 13.4. The molecule has 0 aromatic carbocycles. The Hall–Kier alpha value is -1.58. The molecule has 3 rings (SSSR count). The molecule has 2 heterocycles. The molecule has 3 aliphatic rings. The van der Waals surface area contributed by atoms with Gasteiger partial charge in [0.1, 0.15) is 11.4 Å². The molecule has 1 amide bonds. The number of hydrogen-bond donors (Lipinski definition) is 0. The van der Waals surface area contributed by atoms with Gasteiger partial charge in [0.2, 0.25) is 10.0 Å². The first-order valence-corrected chi connectivity index (χ1v) is 11.1. The van der Waals surface area contributed by atoms with Gasteiger partial charge in [0.25, 0.3) is 0 Å². The van der Waals surface area contributed by atoms with Crippen LogP contribution in [-0.4, -0.2) is 73.6 Å². The van der Waals surface area contributed by atoms with Crippen molar-refractivity contribution in [3.8, 4) is 0 Å². The molecule has 0 aromatic heterocycles. The number of ether oxygens (including phenoxy) is 3. The van der Waals surface area contributed by atoms with Crippen LogP contribution in [-0.2, 0) is 24.2 Å². The van der Waals surface area contributed by atoms with Gasteiger partial charge >= 0.3 is 6.09 Å². The van der Waals surface area contributed by atoms with Gasteiger partial charge in [-0.2, -0.15) is 4.31 Å². The summed E-state index contributed by atoms with van der Waals surface area (Å²) < 4.78 is 44.7. The van der Waals surface area contributed by atoms with E-state index in [1.807, 2.05) is 20.8 Å². The van der Waals surface area contributed by atoms with Gasteiger partial charge in [-0.3, -0.25) is 0 Å². The van der Waals surface area contributed by atoms with E-state index in [1.165, 1.54) is 4.31 Å². The van der Waals surface area contributed by atoms with Crippen LogP contribution in [0.15, 0.2) is 24.0 Å². The molecular weight excluding hydrogens is 384 g/mol. The number of amides is 1. The van der Waals surface area contributed by atoms with Crippen LogP contribution in [0.4, 0.5) is 4.79 Å². The van der Waals surface area contributed by atoms with Crippen LogP contribution in [0.1, 0.15) is 40.0 Å². The van der Waals surface area contributed by atoms with Crippen molar-refractivity contribution < 1.29 is 27.4 Å². The molecule has 8 nitrogen and oxygen atoms in total. The number of piperidine rings is 1. The molecule has 2 atom stereocenters. The Morgan fingerprint density at radius 2 is 2.07 bits per heavy atom. The second kappa shape index (κ2) is 7.68. The molecule has 9 heteroatoms. The zero-order valence-electron chi connectivity index (χ0n) is 17.0. The molecule has 0 aromatic rings. The van der Waals surface area contributed by atoms with Crippen LogP contribution in [0.2, 0.25) is 0 Å². The smallest absolute Gasteiger partial charge is 0.410 e. The zero-order valence-corrected chi connectivity index (χ0v) is 17.8. The highest BCUT2D eigenvalue weighted by molar-refractivity contribution is 7.90. The number of sulfonamides is 1. The number of allylic oxidation sites excluding steroid dienone is 2. The zero-order chi connectivity index (χ0) is 20.6. The number of nitrogens with zero attached hydrogens (tertiary/aromatic N) is 2. The van der Waals surface area contributed by atoms with Crippen LogP contribution in [0.25, 0.3) is 0 Å². The normalized spacial score (nSPS) is 29.1. The van der Waals surface area contributed by atoms with Crippen molar-refractivity contribution in [3.63, 3.8) is 0 Å². The van der Waals surface area contributed by atoms with E-state index < -0.39 is 32.7 Å². The summed E-state index contributed by atoms with van der Waals surface area (Å²) in [5.41, 5.74) is -1.63. The Kier molecular flexibility index (Phi) is 5.80. The van der Waals surface area contributed by atoms with Crippen LogP contribution >= 0.6 is 0 Å². The van der Waals surface area contributed by atoms with E-state index in [0.717, 1.165) is 0 Å². The van der Waals surface area contributed by atoms with Crippen molar-refractivity contribution >= 4 is 16.1 Å². The Labute approximate surface area is 167 Å². The Balaban J connectivity index is 1.78. The summed E-state index contributed by atoms with van der Waals surface area (Å²) in [4.78, 5) is 14.1. The van der Waals surface area contributed by atoms with E-state index in [9.17, 15) is 13.2 Å². The molecular formula is C19H30N2O6S. The van der Waals surface area contributed by atoms with E-state index in [1.54, 1.807) is 30.2 Å². The van der Waals surface area contributed by atoms with E-state index >= 15 is 0 Å². The summed E-state index contributed by atoms with van der Waals surface area (Å²) in [6.07, 6.45) is 6.24. The third-order valence-corrected chi connectivity index (χ3v) is 7.40. The fourth-order valence-corrected chi connectivity index (χ4v) is 5.81. The highest BCUT2D eigenvalue weighted by Crippen LogP contribution is 2.37. The SMILES string of the molecule is COC1=CCC(S(=O)(=O)N2CCOC23CCCN(C(=O)OC(C)(C)C)C3)C=C1. The third kappa shape index (κ3) is 4.21. The summed E-state index contributed by atoms with van der Waals surface area (Å²) in [5, 5.41) is -0.665. The lowest BCUT2D eigenvalue weighted by Crippen LogP contribution is -2.60. The standard InChI is InChI=1S/C19H30N2O6S/c1-18(2,3)27-17(22)20-11-5-10-19(14-20)21(12-13-26-19)28(23,24)16-8-6-15(25-4)7-9-16/h6-8,16H,5,9-14H2,1-4H3. The monoisotopic (exact) mass is 414 g/mol. The maximum atomic E-state index is 13.4. The summed E-state index contributed by atoms with van der Waals surface area (Å²) in [7, 11) is -2.09. The maximum Gasteiger partial charge on any atom is 0.410 e. The lowest BCUT2D eigenvalue weighted by atomic mass is 10.0. The van der Waals surface area contributed by atoms with Crippen molar-refractivity contribution in [2.24, 2.45) is 0 Å². The van der Waals surface area contributed by atoms with E-state index in [-0.39, 0.29) is 13.1 Å². The van der Waals surface area contributed by atoms with Crippen molar-refractivity contribution in [2.75, 3.05) is 33.4 Å². The van der Waals surface area contributed by atoms with Gasteiger partial charge in [-0.25, -0.2) is 13.2 Å². The van der Waals surface area contributed by atoms with E-state index in [4.69, 9.17) is 14.2 Å². The fourth-order valence-electron chi connectivity index (χ4n) is 3.88. The first-order chi connectivity index (χ1) is 13.1. The van der Waals surface area contributed by atoms with Crippen molar-refractivity contribution in [1.82, 2.24) is 9.21 Å². The van der Waals surface area contributed by atoms with Gasteiger partial charge < -0.3 is 19.1 Å². The Bertz CT molecular complexity index is 770. The minimum Gasteiger partial charge on any atom is -0.497 e. The molecule has 158 valence electrons. The average molecular weight is 415 g/mol. The summed E-state index contributed by atoms with van der Waals surface area (Å²) in [6, 6.07) is 0. The Morgan fingerprint density at radius 1 is 1.32 bits per heavy atom. The molecule has 1 spiro atoms. The van der Waals surface area contributed by atoms with Crippen molar-refractivity contribution in [2.45, 2.75) is 56.6 Å². The number of carbonyl (C=O) groups is 1. The molecule has 0 radical (unpaired) electrons. The summed E-state index contributed by atoms with van der Waals surface area (Å²) in [5.74, 6) is 0.660. The van der Waals surface area contributed by atoms with Gasteiger partial charge in [0.05, 0.1) is 25.5 Å². The molecule has 28 heavy (non-hydrogen) atoms. The van der Waals surface area contributed by atoms with Crippen LogP contribution in [0.3, 0.4) is 0 Å². The van der Waals surface area contributed by atoms with Gasteiger partial charge in [0, 0.05) is 13.1 Å². The second-order valence-corrected chi connectivity index (χ2v) is 10.4. The van der Waals surface area contributed by atoms with Gasteiger partial charge in [0.15, 0.2) is 5.72 Å². The molecule has 2 fully saturated rings. The lowest BCUT2D eigenvalue weighted by molar-refractivity contribution is -0.0979. The number of carbonyl (C=O) groups excluding carboxylic acids is 1. The predicted octanol–water partition coefficient (Wildman–Crippen LogP) is 2.23. The highest BCUT2D eigenvalue weighted by Gasteiger charge is 2.53. The third-order valence-electron chi connectivity index (χ3n) is 5.16. The molecule has 0 bridgehead atoms. The molecule has 2 unspecified atom stereocenters. The van der Waals surface area contributed by atoms with E-state index in [0.29, 0.717) is 38.2 Å². The van der Waals surface area contributed by atoms with Crippen molar-refractivity contribution in [3.05, 3.63) is 24.0 Å². The van der Waals surface area contributed by atoms with Gasteiger partial charge in [-0.05, 0) is 52.2 Å². The molecule has 1 aliphatic carbocycles. The Morgan fingerprint density at radius 3 is 2.68 bits per heavy atom. The molecule has 0 saturated carbocycles. The average Bonchev–Trinajstić information content (AvgIpc) is 3.04. The number of methoxy groups -OCH3 is 1. The molecule has 0 N–H and O–H groups in total. The largest absolute Gasteiger partial charge is 0.497 e. The quantitative estimate of drug-likeness (QED) is 0.704. The first-order valence-electron chi connectivity index (χ1n) is 9.63. The first kappa shape index (κ1) is 21.1. The summed E-state index contributed by atoms with van der Waals surface area (Å²) in [6.45, 7) is 6.74. The van der Waals surface area contributed by atoms with Gasteiger partial charge in [-0.15, -0.1) is 0 Å². The minimum atomic E-state index is -3.64. The van der Waals surface area contributed by atoms with Crippen LogP contribution in [0.5, 0.6) is 0 Å². The number of hydrogen-bond acceptors (Lipinski definition) is 6. The topological polar surface area (TPSA) is 85.4 Å². The second-order valence-electron chi connectivity index (χ2n) is 8.36. The predicted molar refractivity (Wildman–Crippen MR) is 104 cm³/mol. The molecule has 2 aliphatic heterocycles. The van der Waals surface area contributed by atoms with Gasteiger partial charge in [-0.1, -0.05) is 6.08 Å². The fraction of sp³-hybridized carbons (Fsp3) is 0.737. The molecule has 2 saturated heterocycles. The van der Waals surface area contributed by atoms with Crippen LogP contribution < -0.4 is 0 Å². The van der Waals surface area contributed by atoms with Crippen molar-refractivity contribution in [1.29, 1.82) is 0 Å². The minimum absolute atomic E-state index is 0.177. The lowest BCUT2D eigenvalue weighted by Gasteiger charge is -2.44. The number of likely N-dealkylation sites (tertiary alicyclic amines) is 1. The highest BCUT2D eigenvalue weighted by atomic mass is 32.2. The number of rotatable bonds is 3. The van der Waals surface area contributed by atoms with Crippen LogP contribution in [0, 0.1) is 0 Å². The van der Waals surface area contributed by atoms with E-state index in [2.05, 4.69) is 0 Å².